The Kier molecular flexibility index (Phi) is 17.7. The normalized spacial score (nSPS) is 14.1. The number of methoxy groups -OCH3 is 2. The number of nitrogens with zero attached hydrogens (tertiary/aromatic N) is 8. The molecule has 3 N–H and O–H groups in total. The molecule has 2 fully saturated rings. The summed E-state index contributed by atoms with van der Waals surface area (Å²) in [7, 11) is 3.00. The van der Waals surface area contributed by atoms with Gasteiger partial charge in [-0.25, -0.2) is 28.7 Å². The Labute approximate surface area is 437 Å². The summed E-state index contributed by atoms with van der Waals surface area (Å²) in [5.41, 5.74) is 4.19. The van der Waals surface area contributed by atoms with Crippen molar-refractivity contribution in [3.05, 3.63) is 96.3 Å². The van der Waals surface area contributed by atoms with Crippen molar-refractivity contribution in [1.29, 1.82) is 0 Å². The van der Waals surface area contributed by atoms with Crippen LogP contribution in [0.15, 0.2) is 73.3 Å². The van der Waals surface area contributed by atoms with Gasteiger partial charge in [-0.05, 0) is 81.8 Å². The number of H-pyrrole nitrogens is 2. The number of rotatable bonds is 14. The molecule has 2 saturated heterocycles. The Balaban J connectivity index is 0.000000168. The zero-order valence-electron chi connectivity index (χ0n) is 42.8. The summed E-state index contributed by atoms with van der Waals surface area (Å²) in [5, 5.41) is 11.9. The summed E-state index contributed by atoms with van der Waals surface area (Å²) >= 11 is 5.61. The van der Waals surface area contributed by atoms with E-state index >= 15 is 4.39 Å². The van der Waals surface area contributed by atoms with E-state index in [9.17, 15) is 19.1 Å². The smallest absolute Gasteiger partial charge is 0.230 e. The molecule has 0 bridgehead atoms. The summed E-state index contributed by atoms with van der Waals surface area (Å²) in [6, 6.07) is 16.6. The van der Waals surface area contributed by atoms with E-state index in [0.717, 1.165) is 95.6 Å². The maximum atomic E-state index is 15.1. The summed E-state index contributed by atoms with van der Waals surface area (Å²) in [6.07, 6.45) is 4.55. The molecule has 4 aromatic heterocycles. The number of fused-ring (bicyclic) bond motifs is 4. The molecule has 0 radical (unpaired) electrons. The maximum absolute atomic E-state index is 15.1. The number of hydrogen-bond donors (Lipinski definition) is 3. The summed E-state index contributed by atoms with van der Waals surface area (Å²) in [5.74, 6) is 1.94. The van der Waals surface area contributed by atoms with Gasteiger partial charge in [0.15, 0.2) is 46.1 Å². The van der Waals surface area contributed by atoms with Crippen LogP contribution in [0.2, 0.25) is 0 Å². The molecule has 0 atom stereocenters. The fraction of sp³-hybridized carbons (Fsp3) is 0.370. The number of aromatic nitrogens is 6. The van der Waals surface area contributed by atoms with E-state index in [1.807, 2.05) is 23.6 Å². The lowest BCUT2D eigenvalue weighted by Crippen LogP contribution is -2.48. The largest absolute Gasteiger partial charge is 0.504 e. The predicted molar refractivity (Wildman–Crippen MR) is 283 cm³/mol. The third-order valence-electron chi connectivity index (χ3n) is 13.0. The number of aromatic hydroxyl groups is 1. The molecule has 10 rings (SSSR count). The van der Waals surface area contributed by atoms with E-state index in [0.29, 0.717) is 61.7 Å². The second-order valence-corrected chi connectivity index (χ2v) is 18.5. The van der Waals surface area contributed by atoms with Crippen molar-refractivity contribution in [3.63, 3.8) is 0 Å². The minimum absolute atomic E-state index is 0.0463. The molecule has 0 unspecified atom stereocenters. The van der Waals surface area contributed by atoms with Crippen LogP contribution in [0.25, 0.3) is 43.6 Å². The first-order valence-electron chi connectivity index (χ1n) is 24.6. The molecule has 0 saturated carbocycles. The van der Waals surface area contributed by atoms with Crippen molar-refractivity contribution in [1.82, 2.24) is 49.5 Å². The van der Waals surface area contributed by atoms with Crippen LogP contribution >= 0.6 is 11.6 Å². The van der Waals surface area contributed by atoms with Gasteiger partial charge in [0, 0.05) is 124 Å². The van der Waals surface area contributed by atoms with Gasteiger partial charge < -0.3 is 48.6 Å². The van der Waals surface area contributed by atoms with Gasteiger partial charge in [-0.15, -0.1) is 11.6 Å². The standard InChI is InChI=1S/C27H30FN5O4.C18H14FN3O3.C9H17ClN2O/c1-17-13-19-21(31-17)5-6-23(26(19)28)37-27-20-14-24(35-3)25(15-22(20)29-16-30-27)36-12-4-7-32-8-10-33(11-9-32)18(2)34;1-9-5-10-12(22-9)3-4-15(17(10)19)25-18-11-6-16(24-2)14(23)7-13(11)20-8-21-18;1-9(13)12-7-5-11(6-8-12)4-2-3-10/h5-6,13-16,31H,4,7-12H2,1-3H3;3-8,22-23H,1-2H3;2-8H2,1H3. The number of phenolic OH excluding ortho intramolecular Hbond substituents is 1. The van der Waals surface area contributed by atoms with Gasteiger partial charge in [0.2, 0.25) is 23.6 Å². The van der Waals surface area contributed by atoms with Gasteiger partial charge >= 0.3 is 0 Å². The van der Waals surface area contributed by atoms with Crippen molar-refractivity contribution in [3.8, 4) is 46.3 Å². The molecular formula is C54H61ClF2N10O8. The van der Waals surface area contributed by atoms with Gasteiger partial charge in [0.05, 0.1) is 42.6 Å². The zero-order chi connectivity index (χ0) is 53.2. The number of benzene rings is 4. The molecule has 2 amide bonds. The van der Waals surface area contributed by atoms with E-state index in [1.54, 1.807) is 75.6 Å². The monoisotopic (exact) mass is 1050 g/mol. The number of alkyl halides is 1. The van der Waals surface area contributed by atoms with Crippen molar-refractivity contribution in [2.75, 3.05) is 92.2 Å². The highest BCUT2D eigenvalue weighted by atomic mass is 35.5. The minimum atomic E-state index is -0.473. The third kappa shape index (κ3) is 13.0. The van der Waals surface area contributed by atoms with Crippen LogP contribution in [0, 0.1) is 25.5 Å². The van der Waals surface area contributed by atoms with Gasteiger partial charge in [0.1, 0.15) is 12.7 Å². The molecule has 8 aromatic rings. The first-order chi connectivity index (χ1) is 36.2. The fourth-order valence-electron chi connectivity index (χ4n) is 8.96. The fourth-order valence-corrected chi connectivity index (χ4v) is 9.08. The number of aryl methyl sites for hydroxylation is 2. The van der Waals surface area contributed by atoms with Gasteiger partial charge in [-0.2, -0.15) is 0 Å². The highest BCUT2D eigenvalue weighted by Gasteiger charge is 2.21. The number of phenols is 1. The van der Waals surface area contributed by atoms with E-state index in [2.05, 4.69) is 39.7 Å². The zero-order valence-corrected chi connectivity index (χ0v) is 43.6. The number of amides is 2. The van der Waals surface area contributed by atoms with Crippen LogP contribution in [0.1, 0.15) is 38.1 Å². The number of hydrogen-bond acceptors (Lipinski definition) is 14. The number of aromatic amines is 2. The Morgan fingerprint density at radius 2 is 1.07 bits per heavy atom. The molecular weight excluding hydrogens is 990 g/mol. The second kappa shape index (κ2) is 24.7. The number of carbonyl (C=O) groups excluding carboxylic acids is 2. The van der Waals surface area contributed by atoms with Crippen LogP contribution in [-0.4, -0.2) is 159 Å². The number of ether oxygens (including phenoxy) is 5. The Morgan fingerprint density at radius 1 is 0.600 bits per heavy atom. The van der Waals surface area contributed by atoms with E-state index < -0.39 is 11.6 Å². The van der Waals surface area contributed by atoms with Crippen LogP contribution < -0.4 is 23.7 Å². The molecule has 396 valence electrons. The molecule has 75 heavy (non-hydrogen) atoms. The number of nitrogens with one attached hydrogen (secondary N) is 2. The van der Waals surface area contributed by atoms with E-state index in [1.165, 1.54) is 25.8 Å². The maximum Gasteiger partial charge on any atom is 0.230 e. The average Bonchev–Trinajstić information content (AvgIpc) is 4.00. The molecule has 2 aliphatic rings. The van der Waals surface area contributed by atoms with Gasteiger partial charge in [0.25, 0.3) is 0 Å². The molecule has 6 heterocycles. The molecule has 0 aliphatic carbocycles. The Bertz CT molecular complexity index is 3290. The molecule has 18 nitrogen and oxygen atoms in total. The molecule has 2 aliphatic heterocycles. The van der Waals surface area contributed by atoms with Crippen molar-refractivity contribution < 1.29 is 47.2 Å². The van der Waals surface area contributed by atoms with Crippen LogP contribution in [0.5, 0.6) is 46.3 Å². The van der Waals surface area contributed by atoms with Crippen LogP contribution in [-0.2, 0) is 9.59 Å². The minimum Gasteiger partial charge on any atom is -0.504 e. The average molecular weight is 1050 g/mol. The van der Waals surface area contributed by atoms with Crippen molar-refractivity contribution >= 4 is 67.0 Å². The molecule has 21 heteroatoms. The summed E-state index contributed by atoms with van der Waals surface area (Å²) in [6.45, 7) is 16.4. The topological polar surface area (TPSA) is 197 Å². The first kappa shape index (κ1) is 53.7. The molecule has 0 spiro atoms. The highest BCUT2D eigenvalue weighted by Crippen LogP contribution is 2.39. The Hall–Kier alpha value is -7.55. The summed E-state index contributed by atoms with van der Waals surface area (Å²) in [4.78, 5) is 53.9. The summed E-state index contributed by atoms with van der Waals surface area (Å²) < 4.78 is 58.1. The number of halogens is 3. The predicted octanol–water partition coefficient (Wildman–Crippen LogP) is 9.14. The lowest BCUT2D eigenvalue weighted by Gasteiger charge is -2.34. The van der Waals surface area contributed by atoms with E-state index in [4.69, 9.17) is 35.3 Å². The lowest BCUT2D eigenvalue weighted by molar-refractivity contribution is -0.131. The number of carbonyl (C=O) groups is 2. The SMILES string of the molecule is CC(=O)N1CCN(CCCCl)CC1.COc1cc2c(Oc3ccc4[nH]c(C)cc4c3F)ncnc2cc1O.COc1cc2c(Oc3ccc4[nH]c(C)cc4c3F)ncnc2cc1OCCCN1CCN(C(C)=O)CC1. The van der Waals surface area contributed by atoms with Crippen molar-refractivity contribution in [2.24, 2.45) is 0 Å². The third-order valence-corrected chi connectivity index (χ3v) is 13.3. The van der Waals surface area contributed by atoms with Crippen LogP contribution in [0.4, 0.5) is 8.78 Å². The highest BCUT2D eigenvalue weighted by molar-refractivity contribution is 6.17. The number of piperazine rings is 2. The van der Waals surface area contributed by atoms with Crippen molar-refractivity contribution in [2.45, 2.75) is 40.5 Å². The van der Waals surface area contributed by atoms with Gasteiger partial charge in [-0.1, -0.05) is 0 Å². The Morgan fingerprint density at radius 3 is 1.53 bits per heavy atom. The van der Waals surface area contributed by atoms with Gasteiger partial charge in [-0.3, -0.25) is 19.4 Å². The first-order valence-corrected chi connectivity index (χ1v) is 25.2. The molecule has 4 aromatic carbocycles. The quantitative estimate of drug-likeness (QED) is 0.0689. The van der Waals surface area contributed by atoms with E-state index in [-0.39, 0.29) is 46.6 Å². The second-order valence-electron chi connectivity index (χ2n) is 18.1. The van der Waals surface area contributed by atoms with Crippen LogP contribution in [0.3, 0.4) is 0 Å². The lowest BCUT2D eigenvalue weighted by atomic mass is 10.2.